The summed E-state index contributed by atoms with van der Waals surface area (Å²) in [4.78, 5) is 11.9. The fraction of sp³-hybridized carbons (Fsp3) is 0.350. The van der Waals surface area contributed by atoms with E-state index in [4.69, 9.17) is 9.47 Å². The van der Waals surface area contributed by atoms with Crippen LogP contribution < -0.4 is 9.47 Å². The van der Waals surface area contributed by atoms with Gasteiger partial charge in [-0.2, -0.15) is 0 Å². The average molecular weight is 328 g/mol. The van der Waals surface area contributed by atoms with Crippen molar-refractivity contribution in [1.29, 1.82) is 0 Å². The number of rotatable bonds is 7. The van der Waals surface area contributed by atoms with E-state index < -0.39 is 11.9 Å². The van der Waals surface area contributed by atoms with Gasteiger partial charge < -0.3 is 14.6 Å². The van der Waals surface area contributed by atoms with Crippen LogP contribution in [0, 0.1) is 0 Å². The summed E-state index contributed by atoms with van der Waals surface area (Å²) >= 11 is 0. The van der Waals surface area contributed by atoms with E-state index in [2.05, 4.69) is 13.8 Å². The molecule has 4 heteroatoms. The van der Waals surface area contributed by atoms with Crippen molar-refractivity contribution in [3.63, 3.8) is 0 Å². The van der Waals surface area contributed by atoms with Crippen LogP contribution in [-0.2, 0) is 11.2 Å². The average Bonchev–Trinajstić information content (AvgIpc) is 2.59. The summed E-state index contributed by atoms with van der Waals surface area (Å²) < 4.78 is 10.6. The van der Waals surface area contributed by atoms with Crippen molar-refractivity contribution in [2.45, 2.75) is 32.1 Å². The van der Waals surface area contributed by atoms with Crippen LogP contribution in [0.3, 0.4) is 0 Å². The molecule has 0 aliphatic heterocycles. The number of methoxy groups -OCH3 is 2. The van der Waals surface area contributed by atoms with E-state index in [9.17, 15) is 9.90 Å². The molecule has 24 heavy (non-hydrogen) atoms. The molecule has 0 aliphatic carbocycles. The van der Waals surface area contributed by atoms with Crippen LogP contribution in [0.5, 0.6) is 11.5 Å². The van der Waals surface area contributed by atoms with Crippen LogP contribution in [0.4, 0.5) is 0 Å². The van der Waals surface area contributed by atoms with Crippen molar-refractivity contribution < 1.29 is 19.4 Å². The number of carboxylic acids is 1. The van der Waals surface area contributed by atoms with Gasteiger partial charge in [0.05, 0.1) is 20.1 Å². The van der Waals surface area contributed by atoms with Gasteiger partial charge in [-0.1, -0.05) is 38.1 Å². The van der Waals surface area contributed by atoms with Crippen LogP contribution >= 0.6 is 0 Å². The fourth-order valence-electron chi connectivity index (χ4n) is 2.71. The van der Waals surface area contributed by atoms with Crippen LogP contribution in [0.2, 0.25) is 0 Å². The molecule has 0 heterocycles. The summed E-state index contributed by atoms with van der Waals surface area (Å²) in [6, 6.07) is 13.3. The molecule has 0 radical (unpaired) electrons. The first-order valence-corrected chi connectivity index (χ1v) is 7.99. The lowest BCUT2D eigenvalue weighted by molar-refractivity contribution is -0.138. The molecule has 0 spiro atoms. The predicted octanol–water partition coefficient (Wildman–Crippen LogP) is 4.24. The van der Waals surface area contributed by atoms with Crippen LogP contribution in [0.15, 0.2) is 42.5 Å². The predicted molar refractivity (Wildman–Crippen MR) is 94.2 cm³/mol. The zero-order chi connectivity index (χ0) is 17.7. The first-order valence-electron chi connectivity index (χ1n) is 7.99. The molecule has 0 aliphatic rings. The van der Waals surface area contributed by atoms with Gasteiger partial charge in [-0.05, 0) is 41.7 Å². The lowest BCUT2D eigenvalue weighted by Gasteiger charge is -2.19. The van der Waals surface area contributed by atoms with Crippen LogP contribution in [0.1, 0.15) is 42.4 Å². The molecule has 2 rings (SSSR count). The molecular weight excluding hydrogens is 304 g/mol. The molecule has 4 nitrogen and oxygen atoms in total. The molecule has 0 fully saturated rings. The number of ether oxygens (including phenoxy) is 2. The van der Waals surface area contributed by atoms with E-state index in [1.807, 2.05) is 42.5 Å². The van der Waals surface area contributed by atoms with Crippen molar-refractivity contribution in [3.05, 3.63) is 59.2 Å². The third kappa shape index (κ3) is 4.07. The van der Waals surface area contributed by atoms with Gasteiger partial charge in [0.15, 0.2) is 0 Å². The smallest absolute Gasteiger partial charge is 0.311 e. The zero-order valence-corrected chi connectivity index (χ0v) is 14.6. The second-order valence-corrected chi connectivity index (χ2v) is 6.10. The molecule has 0 amide bonds. The molecule has 2 aromatic rings. The monoisotopic (exact) mass is 328 g/mol. The minimum Gasteiger partial charge on any atom is -0.497 e. The summed E-state index contributed by atoms with van der Waals surface area (Å²) in [6.07, 6.45) is 0.400. The summed E-state index contributed by atoms with van der Waals surface area (Å²) in [7, 11) is 3.18. The standard InChI is InChI=1S/C20H24O4/c1-13(2)15-7-10-19(24-4)17(12-15)18(20(21)22)11-14-5-8-16(23-3)9-6-14/h5-10,12-13,18H,11H2,1-4H3,(H,21,22). The van der Waals surface area contributed by atoms with Crippen molar-refractivity contribution in [3.8, 4) is 11.5 Å². The Hall–Kier alpha value is -2.49. The minimum atomic E-state index is -0.856. The SMILES string of the molecule is COc1ccc(CC(C(=O)O)c2cc(C(C)C)ccc2OC)cc1. The van der Waals surface area contributed by atoms with E-state index in [0.29, 0.717) is 23.7 Å². The third-order valence-corrected chi connectivity index (χ3v) is 4.19. The van der Waals surface area contributed by atoms with Crippen molar-refractivity contribution >= 4 is 5.97 Å². The third-order valence-electron chi connectivity index (χ3n) is 4.19. The number of aliphatic carboxylic acids is 1. The molecule has 0 bridgehead atoms. The quantitative estimate of drug-likeness (QED) is 0.826. The second kappa shape index (κ2) is 7.86. The van der Waals surface area contributed by atoms with E-state index in [0.717, 1.165) is 16.9 Å². The molecule has 1 unspecified atom stereocenters. The number of carboxylic acid groups (broad SMARTS) is 1. The number of hydrogen-bond donors (Lipinski definition) is 1. The molecule has 0 saturated carbocycles. The molecule has 1 N–H and O–H groups in total. The molecule has 0 aromatic heterocycles. The highest BCUT2D eigenvalue weighted by Crippen LogP contribution is 2.33. The van der Waals surface area contributed by atoms with Crippen molar-refractivity contribution in [1.82, 2.24) is 0 Å². The maximum atomic E-state index is 11.9. The van der Waals surface area contributed by atoms with E-state index >= 15 is 0 Å². The Bertz CT molecular complexity index is 689. The molecule has 0 saturated heterocycles. The van der Waals surface area contributed by atoms with Gasteiger partial charge in [0, 0.05) is 5.56 Å². The maximum absolute atomic E-state index is 11.9. The van der Waals surface area contributed by atoms with Gasteiger partial charge >= 0.3 is 5.97 Å². The topological polar surface area (TPSA) is 55.8 Å². The fourth-order valence-corrected chi connectivity index (χ4v) is 2.71. The minimum absolute atomic E-state index is 0.324. The van der Waals surface area contributed by atoms with Gasteiger partial charge in [-0.3, -0.25) is 4.79 Å². The van der Waals surface area contributed by atoms with Gasteiger partial charge in [0.2, 0.25) is 0 Å². The van der Waals surface area contributed by atoms with Crippen molar-refractivity contribution in [2.24, 2.45) is 0 Å². The highest BCUT2D eigenvalue weighted by molar-refractivity contribution is 5.78. The van der Waals surface area contributed by atoms with E-state index in [1.165, 1.54) is 0 Å². The lowest BCUT2D eigenvalue weighted by atomic mass is 9.88. The lowest BCUT2D eigenvalue weighted by Crippen LogP contribution is -2.16. The first kappa shape index (κ1) is 17.9. The Morgan fingerprint density at radius 1 is 1.04 bits per heavy atom. The number of hydrogen-bond acceptors (Lipinski definition) is 3. The Morgan fingerprint density at radius 3 is 2.21 bits per heavy atom. The Balaban J connectivity index is 2.38. The van der Waals surface area contributed by atoms with Gasteiger partial charge in [0.25, 0.3) is 0 Å². The van der Waals surface area contributed by atoms with Crippen LogP contribution in [-0.4, -0.2) is 25.3 Å². The molecular formula is C20H24O4. The maximum Gasteiger partial charge on any atom is 0.311 e. The Labute approximate surface area is 143 Å². The summed E-state index contributed by atoms with van der Waals surface area (Å²) in [6.45, 7) is 4.18. The largest absolute Gasteiger partial charge is 0.497 e. The normalized spacial score (nSPS) is 12.0. The van der Waals surface area contributed by atoms with E-state index in [1.54, 1.807) is 14.2 Å². The van der Waals surface area contributed by atoms with Gasteiger partial charge in [0.1, 0.15) is 11.5 Å². The van der Waals surface area contributed by atoms with Crippen LogP contribution in [0.25, 0.3) is 0 Å². The Morgan fingerprint density at radius 2 is 1.71 bits per heavy atom. The number of benzene rings is 2. The van der Waals surface area contributed by atoms with E-state index in [-0.39, 0.29) is 0 Å². The molecule has 1 atom stereocenters. The zero-order valence-electron chi connectivity index (χ0n) is 14.6. The van der Waals surface area contributed by atoms with Gasteiger partial charge in [-0.15, -0.1) is 0 Å². The van der Waals surface area contributed by atoms with Gasteiger partial charge in [-0.25, -0.2) is 0 Å². The summed E-state index contributed by atoms with van der Waals surface area (Å²) in [5, 5.41) is 9.76. The molecule has 128 valence electrons. The molecule has 2 aromatic carbocycles. The van der Waals surface area contributed by atoms with Crippen molar-refractivity contribution in [2.75, 3.05) is 14.2 Å². The summed E-state index contributed by atoms with van der Waals surface area (Å²) in [5.41, 5.74) is 2.76. The Kier molecular flexibility index (Phi) is 5.85. The highest BCUT2D eigenvalue weighted by Gasteiger charge is 2.24. The highest BCUT2D eigenvalue weighted by atomic mass is 16.5. The summed E-state index contributed by atoms with van der Waals surface area (Å²) in [5.74, 6) is 0.174. The first-order chi connectivity index (χ1) is 11.5. The number of carbonyl (C=O) groups is 1. The second-order valence-electron chi connectivity index (χ2n) is 6.10.